The maximum atomic E-state index is 12.4. The summed E-state index contributed by atoms with van der Waals surface area (Å²) in [6.45, 7) is 3.81. The number of fused-ring (bicyclic) bond motifs is 1. The largest absolute Gasteiger partial charge is 0.411 e. The van der Waals surface area contributed by atoms with Gasteiger partial charge in [0.2, 0.25) is 5.91 Å². The van der Waals surface area contributed by atoms with Gasteiger partial charge in [-0.25, -0.2) is 0 Å². The molecule has 2 heterocycles. The second-order valence-electron chi connectivity index (χ2n) is 6.24. The lowest BCUT2D eigenvalue weighted by molar-refractivity contribution is -0.115. The molecule has 0 spiro atoms. The average Bonchev–Trinajstić information content (AvgIpc) is 3.30. The standard InChI is InChI=1S/C20H18N4O2S/c1-12-7-9-14(10-8-12)22-18(25)13(2)27-20-24-23-19(26-20)16-11-21-17-6-4-3-5-15(16)17/h3-11,13,21H,1-2H3,(H,22,25)/t13-/m0/s1. The monoisotopic (exact) mass is 378 g/mol. The van der Waals surface area contributed by atoms with E-state index in [2.05, 4.69) is 20.5 Å². The Morgan fingerprint density at radius 3 is 2.74 bits per heavy atom. The van der Waals surface area contributed by atoms with Gasteiger partial charge < -0.3 is 14.7 Å². The van der Waals surface area contributed by atoms with E-state index in [-0.39, 0.29) is 11.2 Å². The second kappa shape index (κ2) is 7.28. The predicted molar refractivity (Wildman–Crippen MR) is 107 cm³/mol. The van der Waals surface area contributed by atoms with E-state index < -0.39 is 0 Å². The van der Waals surface area contributed by atoms with Gasteiger partial charge in [0.05, 0.1) is 10.8 Å². The molecule has 0 unspecified atom stereocenters. The molecule has 1 amide bonds. The van der Waals surface area contributed by atoms with Crippen LogP contribution < -0.4 is 5.32 Å². The Labute approximate surface area is 160 Å². The van der Waals surface area contributed by atoms with Crippen LogP contribution in [0.15, 0.2) is 64.4 Å². The van der Waals surface area contributed by atoms with E-state index in [0.717, 1.165) is 27.7 Å². The van der Waals surface area contributed by atoms with Crippen LogP contribution in [0.25, 0.3) is 22.4 Å². The quantitative estimate of drug-likeness (QED) is 0.494. The highest BCUT2D eigenvalue weighted by Crippen LogP contribution is 2.30. The number of carbonyl (C=O) groups excluding carboxylic acids is 1. The average molecular weight is 378 g/mol. The topological polar surface area (TPSA) is 83.8 Å². The number of carbonyl (C=O) groups is 1. The Morgan fingerprint density at radius 1 is 1.15 bits per heavy atom. The van der Waals surface area contributed by atoms with Crippen LogP contribution >= 0.6 is 11.8 Å². The first-order chi connectivity index (χ1) is 13.1. The first-order valence-corrected chi connectivity index (χ1v) is 9.42. The first-order valence-electron chi connectivity index (χ1n) is 8.54. The molecular formula is C20H18N4O2S. The van der Waals surface area contributed by atoms with Crippen LogP contribution in [0.5, 0.6) is 0 Å². The number of aromatic amines is 1. The molecule has 0 aliphatic rings. The number of nitrogens with zero attached hydrogens (tertiary/aromatic N) is 2. The lowest BCUT2D eigenvalue weighted by Gasteiger charge is -2.09. The first kappa shape index (κ1) is 17.4. The van der Waals surface area contributed by atoms with E-state index in [1.54, 1.807) is 0 Å². The molecule has 0 radical (unpaired) electrons. The van der Waals surface area contributed by atoms with Crippen molar-refractivity contribution in [2.24, 2.45) is 0 Å². The summed E-state index contributed by atoms with van der Waals surface area (Å²) < 4.78 is 5.76. The molecule has 0 fully saturated rings. The predicted octanol–water partition coefficient (Wildman–Crippen LogP) is 4.65. The summed E-state index contributed by atoms with van der Waals surface area (Å²) in [6.07, 6.45) is 1.85. The van der Waals surface area contributed by atoms with Crippen molar-refractivity contribution >= 4 is 34.3 Å². The molecule has 7 heteroatoms. The van der Waals surface area contributed by atoms with Crippen LogP contribution in [0.4, 0.5) is 5.69 Å². The van der Waals surface area contributed by atoms with E-state index in [0.29, 0.717) is 11.1 Å². The third-order valence-corrected chi connectivity index (χ3v) is 5.13. The van der Waals surface area contributed by atoms with Crippen molar-refractivity contribution in [1.82, 2.24) is 15.2 Å². The lowest BCUT2D eigenvalue weighted by Crippen LogP contribution is -2.22. The summed E-state index contributed by atoms with van der Waals surface area (Å²) in [7, 11) is 0. The van der Waals surface area contributed by atoms with E-state index >= 15 is 0 Å². The molecule has 0 saturated heterocycles. The van der Waals surface area contributed by atoms with E-state index in [9.17, 15) is 4.79 Å². The third-order valence-electron chi connectivity index (χ3n) is 4.19. The fraction of sp³-hybridized carbons (Fsp3) is 0.150. The van der Waals surface area contributed by atoms with Gasteiger partial charge in [-0.05, 0) is 32.0 Å². The lowest BCUT2D eigenvalue weighted by atomic mass is 10.2. The van der Waals surface area contributed by atoms with Gasteiger partial charge in [-0.3, -0.25) is 4.79 Å². The van der Waals surface area contributed by atoms with E-state index in [1.165, 1.54) is 11.8 Å². The molecular weight excluding hydrogens is 360 g/mol. The van der Waals surface area contributed by atoms with Gasteiger partial charge in [0, 0.05) is 22.8 Å². The van der Waals surface area contributed by atoms with Crippen molar-refractivity contribution in [3.05, 3.63) is 60.3 Å². The van der Waals surface area contributed by atoms with Crippen LogP contribution in [0, 0.1) is 6.92 Å². The molecule has 2 N–H and O–H groups in total. The van der Waals surface area contributed by atoms with Crippen molar-refractivity contribution in [2.75, 3.05) is 5.32 Å². The fourth-order valence-corrected chi connectivity index (χ4v) is 3.38. The second-order valence-corrected chi connectivity index (χ2v) is 7.53. The molecule has 6 nitrogen and oxygen atoms in total. The number of thioether (sulfide) groups is 1. The molecule has 136 valence electrons. The van der Waals surface area contributed by atoms with Crippen molar-refractivity contribution in [1.29, 1.82) is 0 Å². The summed E-state index contributed by atoms with van der Waals surface area (Å²) in [5.74, 6) is 0.316. The number of H-pyrrole nitrogens is 1. The number of para-hydroxylation sites is 1. The van der Waals surface area contributed by atoms with Crippen LogP contribution in [0.1, 0.15) is 12.5 Å². The Kier molecular flexibility index (Phi) is 4.68. The SMILES string of the molecule is Cc1ccc(NC(=O)[C@H](C)Sc2nnc(-c3c[nH]c4ccccc34)o2)cc1. The molecule has 1 atom stereocenters. The molecule has 27 heavy (non-hydrogen) atoms. The Balaban J connectivity index is 1.45. The highest BCUT2D eigenvalue weighted by Gasteiger charge is 2.20. The Morgan fingerprint density at radius 2 is 1.93 bits per heavy atom. The number of hydrogen-bond donors (Lipinski definition) is 2. The van der Waals surface area contributed by atoms with Gasteiger partial charge in [-0.15, -0.1) is 10.2 Å². The van der Waals surface area contributed by atoms with Crippen LogP contribution in [0.3, 0.4) is 0 Å². The molecule has 2 aromatic carbocycles. The maximum absolute atomic E-state index is 12.4. The molecule has 4 aromatic rings. The summed E-state index contributed by atoms with van der Waals surface area (Å²) >= 11 is 1.24. The van der Waals surface area contributed by atoms with Crippen molar-refractivity contribution < 1.29 is 9.21 Å². The molecule has 0 bridgehead atoms. The summed E-state index contributed by atoms with van der Waals surface area (Å²) in [6, 6.07) is 15.6. The van der Waals surface area contributed by atoms with Gasteiger partial charge in [-0.1, -0.05) is 47.7 Å². The number of rotatable bonds is 5. The summed E-state index contributed by atoms with van der Waals surface area (Å²) in [5, 5.41) is 12.1. The number of anilines is 1. The molecule has 0 saturated carbocycles. The van der Waals surface area contributed by atoms with Crippen molar-refractivity contribution in [3.8, 4) is 11.5 Å². The van der Waals surface area contributed by atoms with Gasteiger partial charge in [-0.2, -0.15) is 0 Å². The highest BCUT2D eigenvalue weighted by molar-refractivity contribution is 8.00. The van der Waals surface area contributed by atoms with Crippen molar-refractivity contribution in [3.63, 3.8) is 0 Å². The number of nitrogens with one attached hydrogen (secondary N) is 2. The van der Waals surface area contributed by atoms with Gasteiger partial charge in [0.25, 0.3) is 11.1 Å². The Bertz CT molecular complexity index is 1080. The zero-order chi connectivity index (χ0) is 18.8. The number of aromatic nitrogens is 3. The minimum absolute atomic E-state index is 0.115. The zero-order valence-electron chi connectivity index (χ0n) is 14.9. The van der Waals surface area contributed by atoms with E-state index in [1.807, 2.05) is 68.6 Å². The van der Waals surface area contributed by atoms with Crippen LogP contribution in [-0.4, -0.2) is 26.3 Å². The van der Waals surface area contributed by atoms with Crippen LogP contribution in [0.2, 0.25) is 0 Å². The minimum Gasteiger partial charge on any atom is -0.411 e. The minimum atomic E-state index is -0.373. The fourth-order valence-electron chi connectivity index (χ4n) is 2.70. The molecule has 4 rings (SSSR count). The highest BCUT2D eigenvalue weighted by atomic mass is 32.2. The van der Waals surface area contributed by atoms with Gasteiger partial charge >= 0.3 is 0 Å². The zero-order valence-corrected chi connectivity index (χ0v) is 15.7. The van der Waals surface area contributed by atoms with Crippen molar-refractivity contribution in [2.45, 2.75) is 24.3 Å². The van der Waals surface area contributed by atoms with Gasteiger partial charge in [0.15, 0.2) is 0 Å². The molecule has 2 aromatic heterocycles. The molecule has 0 aliphatic heterocycles. The maximum Gasteiger partial charge on any atom is 0.277 e. The normalized spacial score (nSPS) is 12.2. The number of amides is 1. The summed E-state index contributed by atoms with van der Waals surface area (Å²) in [4.78, 5) is 15.6. The number of aryl methyl sites for hydroxylation is 1. The molecule has 0 aliphatic carbocycles. The third kappa shape index (κ3) is 3.73. The smallest absolute Gasteiger partial charge is 0.277 e. The van der Waals surface area contributed by atoms with Gasteiger partial charge in [0.1, 0.15) is 0 Å². The van der Waals surface area contributed by atoms with Crippen LogP contribution in [-0.2, 0) is 4.79 Å². The summed E-state index contributed by atoms with van der Waals surface area (Å²) in [5.41, 5.74) is 3.77. The number of hydrogen-bond acceptors (Lipinski definition) is 5. The number of benzene rings is 2. The Hall–Kier alpha value is -3.06. The van der Waals surface area contributed by atoms with E-state index in [4.69, 9.17) is 4.42 Å².